The zero-order chi connectivity index (χ0) is 7.02. The molecule has 0 aliphatic heterocycles. The van der Waals surface area contributed by atoms with E-state index in [0.717, 1.165) is 0 Å². The number of halogens is 2. The minimum absolute atomic E-state index is 0. The van der Waals surface area contributed by atoms with Crippen molar-refractivity contribution < 1.29 is 21.7 Å². The van der Waals surface area contributed by atoms with Crippen molar-refractivity contribution in [2.24, 2.45) is 5.92 Å². The predicted molar refractivity (Wildman–Crippen MR) is 67.3 cm³/mol. The van der Waals surface area contributed by atoms with Gasteiger partial charge in [-0.3, -0.25) is 6.08 Å². The van der Waals surface area contributed by atoms with Crippen molar-refractivity contribution in [3.63, 3.8) is 0 Å². The quantitative estimate of drug-likeness (QED) is 0.451. The molecular formula is C11H21Cl2Ti. The fraction of sp³-hybridized carbons (Fsp3) is 0.455. The van der Waals surface area contributed by atoms with Crippen molar-refractivity contribution in [1.82, 2.24) is 0 Å². The van der Waals surface area contributed by atoms with Crippen molar-refractivity contribution in [3.05, 3.63) is 37.6 Å². The van der Waals surface area contributed by atoms with Gasteiger partial charge in [-0.15, -0.1) is 31.7 Å². The standard InChI is InChI=1S/C9H13.2CH3.2ClH.Ti/c1-6-5-7(2)9(4)8(6)3;;;;;/h6H,1-4H3;2*1H3;2*1H;/q3*-1;;;+3. The van der Waals surface area contributed by atoms with Crippen molar-refractivity contribution in [2.75, 3.05) is 0 Å². The first-order chi connectivity index (χ1) is 4.13. The summed E-state index contributed by atoms with van der Waals surface area (Å²) < 4.78 is 0. The van der Waals surface area contributed by atoms with Gasteiger partial charge in [0.25, 0.3) is 0 Å². The number of rotatable bonds is 0. The second-order valence-corrected chi connectivity index (χ2v) is 2.80. The molecule has 1 unspecified atom stereocenters. The smallest absolute Gasteiger partial charge is 0.358 e. The monoisotopic (exact) mass is 271 g/mol. The second-order valence-electron chi connectivity index (χ2n) is 2.80. The van der Waals surface area contributed by atoms with Gasteiger partial charge in [0.05, 0.1) is 0 Å². The van der Waals surface area contributed by atoms with Crippen LogP contribution in [0, 0.1) is 26.8 Å². The molecule has 1 rings (SSSR count). The molecule has 0 aromatic heterocycles. The number of hydrogen-bond acceptors (Lipinski definition) is 0. The maximum Gasteiger partial charge on any atom is 3.00 e. The average molecular weight is 272 g/mol. The Labute approximate surface area is 117 Å². The fourth-order valence-electron chi connectivity index (χ4n) is 1.16. The molecule has 1 radical (unpaired) electrons. The van der Waals surface area contributed by atoms with Gasteiger partial charge in [-0.2, -0.15) is 11.1 Å². The maximum absolute atomic E-state index is 3.36. The summed E-state index contributed by atoms with van der Waals surface area (Å²) >= 11 is 0. The maximum atomic E-state index is 3.36. The van der Waals surface area contributed by atoms with Gasteiger partial charge in [-0.05, 0) is 0 Å². The molecule has 0 saturated heterocycles. The van der Waals surface area contributed by atoms with Crippen LogP contribution in [-0.4, -0.2) is 0 Å². The van der Waals surface area contributed by atoms with E-state index < -0.39 is 0 Å². The van der Waals surface area contributed by atoms with Gasteiger partial charge in [-0.1, -0.05) is 26.7 Å². The van der Waals surface area contributed by atoms with Crippen LogP contribution in [0.25, 0.3) is 0 Å². The molecule has 83 valence electrons. The van der Waals surface area contributed by atoms with E-state index in [1.807, 2.05) is 0 Å². The summed E-state index contributed by atoms with van der Waals surface area (Å²) in [6.45, 7) is 8.67. The SMILES string of the molecule is CC1=[C-]C(C)C(C)=C1C.Cl.Cl.[CH3-].[CH3-].[Ti+3]. The molecule has 0 amide bonds. The van der Waals surface area contributed by atoms with Gasteiger partial charge in [-0.25, -0.2) is 5.57 Å². The van der Waals surface area contributed by atoms with E-state index in [4.69, 9.17) is 0 Å². The van der Waals surface area contributed by atoms with E-state index >= 15 is 0 Å². The zero-order valence-corrected chi connectivity index (χ0v) is 13.1. The summed E-state index contributed by atoms with van der Waals surface area (Å²) in [5.41, 5.74) is 4.25. The molecule has 0 saturated carbocycles. The Morgan fingerprint density at radius 2 is 1.36 bits per heavy atom. The minimum Gasteiger partial charge on any atom is -0.358 e. The number of allylic oxidation sites excluding steroid dienone is 4. The van der Waals surface area contributed by atoms with Crippen LogP contribution < -0.4 is 0 Å². The molecule has 0 aromatic carbocycles. The van der Waals surface area contributed by atoms with Crippen LogP contribution in [0.5, 0.6) is 0 Å². The van der Waals surface area contributed by atoms with Crippen LogP contribution in [0.1, 0.15) is 27.7 Å². The van der Waals surface area contributed by atoms with E-state index in [1.165, 1.54) is 16.7 Å². The molecule has 0 bridgehead atoms. The molecule has 0 aromatic rings. The van der Waals surface area contributed by atoms with E-state index in [9.17, 15) is 0 Å². The summed E-state index contributed by atoms with van der Waals surface area (Å²) in [4.78, 5) is 0. The number of hydrogen-bond donors (Lipinski definition) is 0. The Balaban J connectivity index is -0.0000000540. The topological polar surface area (TPSA) is 0 Å². The summed E-state index contributed by atoms with van der Waals surface area (Å²) in [6.07, 6.45) is 3.36. The van der Waals surface area contributed by atoms with Gasteiger partial charge in [0.1, 0.15) is 0 Å². The fourth-order valence-corrected chi connectivity index (χ4v) is 1.16. The van der Waals surface area contributed by atoms with Gasteiger partial charge < -0.3 is 14.9 Å². The van der Waals surface area contributed by atoms with Crippen molar-refractivity contribution in [2.45, 2.75) is 27.7 Å². The first kappa shape index (κ1) is 29.3. The van der Waals surface area contributed by atoms with Crippen molar-refractivity contribution in [3.8, 4) is 0 Å². The third-order valence-electron chi connectivity index (χ3n) is 2.24. The van der Waals surface area contributed by atoms with E-state index in [-0.39, 0.29) is 61.4 Å². The third-order valence-corrected chi connectivity index (χ3v) is 2.24. The first-order valence-electron chi connectivity index (χ1n) is 3.40. The van der Waals surface area contributed by atoms with Crippen LogP contribution in [0.2, 0.25) is 0 Å². The molecule has 0 heterocycles. The predicted octanol–water partition coefficient (Wildman–Crippen LogP) is 4.46. The van der Waals surface area contributed by atoms with Gasteiger partial charge in [0.15, 0.2) is 0 Å². The molecule has 0 spiro atoms. The van der Waals surface area contributed by atoms with E-state index in [2.05, 4.69) is 33.8 Å². The Morgan fingerprint density at radius 1 is 1.00 bits per heavy atom. The minimum atomic E-state index is 0. The van der Waals surface area contributed by atoms with Crippen molar-refractivity contribution in [1.29, 1.82) is 0 Å². The van der Waals surface area contributed by atoms with Gasteiger partial charge >= 0.3 is 21.7 Å². The average Bonchev–Trinajstić information content (AvgIpc) is 1.98. The molecule has 3 heteroatoms. The first-order valence-corrected chi connectivity index (χ1v) is 3.40. The van der Waals surface area contributed by atoms with E-state index in [0.29, 0.717) is 5.92 Å². The van der Waals surface area contributed by atoms with Gasteiger partial charge in [0, 0.05) is 0 Å². The molecular weight excluding hydrogens is 251 g/mol. The van der Waals surface area contributed by atoms with Crippen LogP contribution in [0.4, 0.5) is 0 Å². The molecule has 1 aliphatic rings. The molecule has 14 heavy (non-hydrogen) atoms. The summed E-state index contributed by atoms with van der Waals surface area (Å²) in [7, 11) is 0. The van der Waals surface area contributed by atoms with Crippen LogP contribution >= 0.6 is 24.8 Å². The second kappa shape index (κ2) is 11.8. The third kappa shape index (κ3) is 6.29. The Bertz CT molecular complexity index is 195. The van der Waals surface area contributed by atoms with Crippen molar-refractivity contribution >= 4 is 24.8 Å². The Kier molecular flexibility index (Phi) is 24.8. The zero-order valence-electron chi connectivity index (χ0n) is 9.89. The van der Waals surface area contributed by atoms with Gasteiger partial charge in [0.2, 0.25) is 0 Å². The summed E-state index contributed by atoms with van der Waals surface area (Å²) in [5, 5.41) is 0. The molecule has 0 N–H and O–H groups in total. The summed E-state index contributed by atoms with van der Waals surface area (Å²) in [6, 6.07) is 0. The van der Waals surface area contributed by atoms with E-state index in [1.54, 1.807) is 0 Å². The summed E-state index contributed by atoms with van der Waals surface area (Å²) in [5.74, 6) is 0.560. The van der Waals surface area contributed by atoms with Crippen LogP contribution in [0.15, 0.2) is 16.7 Å². The Hall–Kier alpha value is 0.774. The molecule has 1 aliphatic carbocycles. The molecule has 0 fully saturated rings. The van der Waals surface area contributed by atoms with Crippen LogP contribution in [0.3, 0.4) is 0 Å². The largest absolute Gasteiger partial charge is 3.00 e. The molecule has 1 atom stereocenters. The normalized spacial score (nSPS) is 17.4. The molecule has 0 nitrogen and oxygen atoms in total. The van der Waals surface area contributed by atoms with Crippen LogP contribution in [-0.2, 0) is 21.7 Å². The Morgan fingerprint density at radius 3 is 1.43 bits per heavy atom.